The van der Waals surface area contributed by atoms with E-state index >= 15 is 0 Å². The highest BCUT2D eigenvalue weighted by molar-refractivity contribution is 5.91. The lowest BCUT2D eigenvalue weighted by molar-refractivity contribution is 0.490. The zero-order valence-electron chi connectivity index (χ0n) is 9.83. The van der Waals surface area contributed by atoms with E-state index in [0.29, 0.717) is 0 Å². The predicted molar refractivity (Wildman–Crippen MR) is 65.0 cm³/mol. The molecule has 0 atom stereocenters. The minimum absolute atomic E-state index is 0.827. The van der Waals surface area contributed by atoms with Crippen molar-refractivity contribution >= 4 is 16.6 Å². The lowest BCUT2D eigenvalue weighted by Gasteiger charge is -2.22. The van der Waals surface area contributed by atoms with Gasteiger partial charge in [0.05, 0.1) is 44.4 Å². The summed E-state index contributed by atoms with van der Waals surface area (Å²) in [7, 11) is 6.53. The number of rotatable bonds is 2. The first-order valence-corrected chi connectivity index (χ1v) is 5.30. The summed E-state index contributed by atoms with van der Waals surface area (Å²) in [4.78, 5) is 7.65. The second-order valence-electron chi connectivity index (χ2n) is 4.76. The van der Waals surface area contributed by atoms with Crippen molar-refractivity contribution < 1.29 is 0 Å². The molecule has 0 aromatic carbocycles. The van der Waals surface area contributed by atoms with Crippen LogP contribution in [0, 0.1) is 0 Å². The second kappa shape index (κ2) is 3.35. The maximum Gasteiger partial charge on any atom is 0.157 e. The Morgan fingerprint density at radius 2 is 2.07 bits per heavy atom. The molecule has 15 heavy (non-hydrogen) atoms. The van der Waals surface area contributed by atoms with Crippen LogP contribution in [0.1, 0.15) is 12.6 Å². The normalized spacial score (nSPS) is 12.3. The van der Waals surface area contributed by atoms with Gasteiger partial charge >= 0.3 is 0 Å². The Labute approximate surface area is 90.3 Å². The fourth-order valence-corrected chi connectivity index (χ4v) is 1.80. The van der Waals surface area contributed by atoms with Gasteiger partial charge in [0, 0.05) is 5.69 Å². The number of nitrogens with zero attached hydrogens (tertiary/aromatic N) is 2. The lowest BCUT2D eigenvalue weighted by Crippen LogP contribution is -2.34. The molecular weight excluding hydrogens is 186 g/mol. The van der Waals surface area contributed by atoms with Gasteiger partial charge in [-0.25, -0.2) is 0 Å². The highest BCUT2D eigenvalue weighted by atomic mass is 15.3. The number of aromatic nitrogens is 2. The van der Waals surface area contributed by atoms with Gasteiger partial charge in [-0.15, -0.1) is 0 Å². The molecule has 3 nitrogen and oxygen atoms in total. The molecule has 0 saturated heterocycles. The van der Waals surface area contributed by atoms with Crippen molar-refractivity contribution in [3.8, 4) is 0 Å². The summed E-state index contributed by atoms with van der Waals surface area (Å²) in [6.45, 7) is 2.13. The van der Waals surface area contributed by atoms with Crippen LogP contribution >= 0.6 is 0 Å². The van der Waals surface area contributed by atoms with Crippen LogP contribution in [0.25, 0.3) is 10.9 Å². The third kappa shape index (κ3) is 1.75. The van der Waals surface area contributed by atoms with Gasteiger partial charge in [0.1, 0.15) is 0 Å². The maximum absolute atomic E-state index is 4.38. The summed E-state index contributed by atoms with van der Waals surface area (Å²) in [5, 5.41) is 1.29. The molecule has 2 aromatic heterocycles. The molecule has 0 bridgehead atoms. The molecule has 0 radical (unpaired) electrons. The molecule has 0 unspecified atom stereocenters. The number of H-pyrrole nitrogens is 1. The SMILES string of the molecule is CCc1cc2c([N+](C)(C)C)c[nH]c2cn1. The minimum Gasteiger partial charge on any atom is -0.355 e. The van der Waals surface area contributed by atoms with Crippen molar-refractivity contribution in [2.24, 2.45) is 0 Å². The summed E-state index contributed by atoms with van der Waals surface area (Å²) >= 11 is 0. The quantitative estimate of drug-likeness (QED) is 0.747. The predicted octanol–water partition coefficient (Wildman–Crippen LogP) is 2.32. The van der Waals surface area contributed by atoms with Gasteiger partial charge in [0.2, 0.25) is 0 Å². The molecule has 0 saturated carbocycles. The Morgan fingerprint density at radius 1 is 1.33 bits per heavy atom. The van der Waals surface area contributed by atoms with E-state index in [4.69, 9.17) is 0 Å². The fraction of sp³-hybridized carbons (Fsp3) is 0.417. The topological polar surface area (TPSA) is 28.7 Å². The Hall–Kier alpha value is -1.35. The molecule has 2 heterocycles. The van der Waals surface area contributed by atoms with Crippen LogP contribution in [-0.2, 0) is 6.42 Å². The second-order valence-corrected chi connectivity index (χ2v) is 4.76. The fourth-order valence-electron chi connectivity index (χ4n) is 1.80. The van der Waals surface area contributed by atoms with Gasteiger partial charge in [-0.05, 0) is 12.5 Å². The van der Waals surface area contributed by atoms with Crippen LogP contribution in [0.3, 0.4) is 0 Å². The smallest absolute Gasteiger partial charge is 0.157 e. The summed E-state index contributed by atoms with van der Waals surface area (Å²) in [5.41, 5.74) is 3.58. The Balaban J connectivity index is 2.67. The van der Waals surface area contributed by atoms with Crippen molar-refractivity contribution in [2.45, 2.75) is 13.3 Å². The standard InChI is InChI=1S/C12H18N3/c1-5-9-6-10-11(7-13-9)14-8-12(10)15(2,3)4/h6-8,14H,5H2,1-4H3/q+1. The third-order valence-corrected chi connectivity index (χ3v) is 2.69. The number of nitrogens with one attached hydrogen (secondary N) is 1. The van der Waals surface area contributed by atoms with Gasteiger partial charge in [-0.1, -0.05) is 6.92 Å². The average molecular weight is 204 g/mol. The number of aryl methyl sites for hydroxylation is 1. The third-order valence-electron chi connectivity index (χ3n) is 2.69. The van der Waals surface area contributed by atoms with Crippen molar-refractivity contribution in [3.05, 3.63) is 24.2 Å². The summed E-state index contributed by atoms with van der Waals surface area (Å²) in [6.07, 6.45) is 4.98. The molecular formula is C12H18N3+. The van der Waals surface area contributed by atoms with Crippen LogP contribution in [-0.4, -0.2) is 31.1 Å². The van der Waals surface area contributed by atoms with Crippen LogP contribution in [0.15, 0.2) is 18.5 Å². The number of aromatic amines is 1. The van der Waals surface area contributed by atoms with E-state index < -0.39 is 0 Å². The Morgan fingerprint density at radius 3 is 2.67 bits per heavy atom. The number of quaternary nitrogens is 1. The molecule has 0 amide bonds. The highest BCUT2D eigenvalue weighted by Crippen LogP contribution is 2.28. The monoisotopic (exact) mass is 204 g/mol. The van der Waals surface area contributed by atoms with Gasteiger partial charge in [0.15, 0.2) is 5.69 Å². The molecule has 2 aromatic rings. The molecule has 0 aliphatic rings. The first kappa shape index (κ1) is 10.2. The van der Waals surface area contributed by atoms with E-state index in [0.717, 1.165) is 22.1 Å². The van der Waals surface area contributed by atoms with Gasteiger partial charge in [0.25, 0.3) is 0 Å². The molecule has 1 N–H and O–H groups in total. The van der Waals surface area contributed by atoms with Crippen LogP contribution < -0.4 is 4.48 Å². The molecule has 0 aliphatic heterocycles. The van der Waals surface area contributed by atoms with E-state index in [1.165, 1.54) is 11.1 Å². The number of fused-ring (bicyclic) bond motifs is 1. The summed E-state index contributed by atoms with van der Waals surface area (Å²) in [5.74, 6) is 0. The molecule has 0 spiro atoms. The first-order chi connectivity index (χ1) is 7.02. The van der Waals surface area contributed by atoms with Crippen molar-refractivity contribution in [2.75, 3.05) is 21.1 Å². The van der Waals surface area contributed by atoms with E-state index in [2.05, 4.69) is 50.3 Å². The minimum atomic E-state index is 0.827. The molecule has 3 heteroatoms. The lowest BCUT2D eigenvalue weighted by atomic mass is 10.2. The van der Waals surface area contributed by atoms with Crippen molar-refractivity contribution in [1.29, 1.82) is 0 Å². The van der Waals surface area contributed by atoms with E-state index in [9.17, 15) is 0 Å². The number of hydrogen-bond donors (Lipinski definition) is 1. The van der Waals surface area contributed by atoms with Crippen LogP contribution in [0.4, 0.5) is 5.69 Å². The molecule has 2 rings (SSSR count). The van der Waals surface area contributed by atoms with Gasteiger partial charge in [-0.2, -0.15) is 0 Å². The summed E-state index contributed by atoms with van der Waals surface area (Å²) in [6, 6.07) is 2.19. The zero-order chi connectivity index (χ0) is 11.1. The van der Waals surface area contributed by atoms with Crippen LogP contribution in [0.5, 0.6) is 0 Å². The van der Waals surface area contributed by atoms with E-state index in [1.807, 2.05) is 6.20 Å². The van der Waals surface area contributed by atoms with E-state index in [-0.39, 0.29) is 0 Å². The highest BCUT2D eigenvalue weighted by Gasteiger charge is 2.17. The average Bonchev–Trinajstić information content (AvgIpc) is 2.59. The molecule has 0 aliphatic carbocycles. The Bertz CT molecular complexity index is 477. The van der Waals surface area contributed by atoms with Crippen molar-refractivity contribution in [1.82, 2.24) is 14.5 Å². The zero-order valence-corrected chi connectivity index (χ0v) is 9.83. The maximum atomic E-state index is 4.38. The number of hydrogen-bond acceptors (Lipinski definition) is 1. The molecule has 80 valence electrons. The summed E-state index contributed by atoms with van der Waals surface area (Å²) < 4.78 is 0.827. The van der Waals surface area contributed by atoms with Crippen LogP contribution in [0.2, 0.25) is 0 Å². The van der Waals surface area contributed by atoms with E-state index in [1.54, 1.807) is 0 Å². The van der Waals surface area contributed by atoms with Gasteiger partial charge in [-0.3, -0.25) is 9.47 Å². The van der Waals surface area contributed by atoms with Crippen molar-refractivity contribution in [3.63, 3.8) is 0 Å². The largest absolute Gasteiger partial charge is 0.355 e. The number of pyridine rings is 1. The van der Waals surface area contributed by atoms with Gasteiger partial charge < -0.3 is 4.98 Å². The first-order valence-electron chi connectivity index (χ1n) is 5.30. The molecule has 0 fully saturated rings. The Kier molecular flexibility index (Phi) is 2.27.